The van der Waals surface area contributed by atoms with Gasteiger partial charge in [-0.25, -0.2) is 4.21 Å². The van der Waals surface area contributed by atoms with E-state index in [4.69, 9.17) is 4.52 Å². The van der Waals surface area contributed by atoms with Gasteiger partial charge in [-0.05, 0) is 36.8 Å². The Morgan fingerprint density at radius 1 is 1.09 bits per heavy atom. The van der Waals surface area contributed by atoms with E-state index in [1.54, 1.807) is 13.2 Å². The van der Waals surface area contributed by atoms with E-state index in [0.717, 1.165) is 16.0 Å². The van der Waals surface area contributed by atoms with Crippen LogP contribution in [0.15, 0.2) is 62.3 Å². The van der Waals surface area contributed by atoms with E-state index >= 15 is 0 Å². The minimum atomic E-state index is -2.52. The fourth-order valence-electron chi connectivity index (χ4n) is 2.22. The molecule has 118 valence electrons. The minimum Gasteiger partial charge on any atom is -0.339 e. The van der Waals surface area contributed by atoms with Crippen LogP contribution in [0, 0.1) is 13.8 Å². The van der Waals surface area contributed by atoms with Gasteiger partial charge in [-0.1, -0.05) is 29.4 Å². The zero-order valence-corrected chi connectivity index (χ0v) is 14.0. The zero-order valence-electron chi connectivity index (χ0n) is 13.2. The molecule has 6 heteroatoms. The molecule has 3 aromatic rings. The summed E-state index contributed by atoms with van der Waals surface area (Å²) in [5.41, 5.74) is 2.46. The van der Waals surface area contributed by atoms with Crippen molar-refractivity contribution in [2.45, 2.75) is 18.7 Å². The van der Waals surface area contributed by atoms with Gasteiger partial charge in [-0.15, -0.1) is 0 Å². The van der Waals surface area contributed by atoms with Gasteiger partial charge < -0.3 is 4.52 Å². The highest BCUT2D eigenvalue weighted by atomic mass is 32.2. The Balaban J connectivity index is 2.03. The molecule has 0 saturated carbocycles. The Hall–Kier alpha value is -2.47. The molecular formula is C17H17N3O2S. The first-order valence-electron chi connectivity index (χ1n) is 7.14. The highest BCUT2D eigenvalue weighted by Crippen LogP contribution is 2.25. The average Bonchev–Trinajstić information content (AvgIpc) is 2.94. The van der Waals surface area contributed by atoms with Crippen LogP contribution in [0.5, 0.6) is 0 Å². The van der Waals surface area contributed by atoms with Crippen molar-refractivity contribution in [1.82, 2.24) is 10.1 Å². The lowest BCUT2D eigenvalue weighted by Crippen LogP contribution is -1.97. The van der Waals surface area contributed by atoms with Crippen molar-refractivity contribution in [2.24, 2.45) is 4.36 Å². The highest BCUT2D eigenvalue weighted by Gasteiger charge is 2.09. The number of aromatic nitrogens is 2. The number of aryl methyl sites for hydroxylation is 2. The average molecular weight is 327 g/mol. The minimum absolute atomic E-state index is 0.498. The molecule has 23 heavy (non-hydrogen) atoms. The maximum Gasteiger partial charge on any atom is 0.223 e. The van der Waals surface area contributed by atoms with Crippen LogP contribution in [0.3, 0.4) is 0 Å². The summed E-state index contributed by atoms with van der Waals surface area (Å²) in [5, 5.41) is 3.89. The van der Waals surface area contributed by atoms with Crippen LogP contribution in [0.1, 0.15) is 11.5 Å². The predicted molar refractivity (Wildman–Crippen MR) is 90.1 cm³/mol. The van der Waals surface area contributed by atoms with Gasteiger partial charge >= 0.3 is 0 Å². The Morgan fingerprint density at radius 2 is 1.87 bits per heavy atom. The van der Waals surface area contributed by atoms with Crippen LogP contribution in [-0.2, 0) is 9.73 Å². The number of hydrogen-bond acceptors (Lipinski definition) is 5. The molecule has 0 N–H and O–H groups in total. The molecule has 1 aromatic heterocycles. The van der Waals surface area contributed by atoms with Gasteiger partial charge in [0.15, 0.2) is 0 Å². The Bertz CT molecular complexity index is 969. The summed E-state index contributed by atoms with van der Waals surface area (Å²) in [6.45, 7) is 3.71. The summed E-state index contributed by atoms with van der Waals surface area (Å²) >= 11 is 0. The fraction of sp³-hybridized carbons (Fsp3) is 0.176. The first kappa shape index (κ1) is 15.4. The van der Waals surface area contributed by atoms with E-state index in [1.165, 1.54) is 0 Å². The van der Waals surface area contributed by atoms with Crippen molar-refractivity contribution < 1.29 is 8.73 Å². The molecule has 0 radical (unpaired) electrons. The number of nitrogens with zero attached hydrogens (tertiary/aromatic N) is 3. The normalized spacial score (nSPS) is 13.5. The van der Waals surface area contributed by atoms with Crippen LogP contribution in [-0.4, -0.2) is 20.6 Å². The van der Waals surface area contributed by atoms with Crippen molar-refractivity contribution in [3.8, 4) is 11.4 Å². The summed E-state index contributed by atoms with van der Waals surface area (Å²) in [6, 6.07) is 14.9. The van der Waals surface area contributed by atoms with Crippen LogP contribution in [0.25, 0.3) is 11.4 Å². The predicted octanol–water partition coefficient (Wildman–Crippen LogP) is 4.14. The quantitative estimate of drug-likeness (QED) is 0.725. The number of hydrogen-bond donors (Lipinski definition) is 0. The van der Waals surface area contributed by atoms with Crippen molar-refractivity contribution >= 4 is 15.4 Å². The third kappa shape index (κ3) is 3.48. The van der Waals surface area contributed by atoms with Crippen LogP contribution in [0.2, 0.25) is 0 Å². The van der Waals surface area contributed by atoms with Gasteiger partial charge in [0.05, 0.1) is 15.4 Å². The third-order valence-electron chi connectivity index (χ3n) is 3.34. The topological polar surface area (TPSA) is 68.3 Å². The summed E-state index contributed by atoms with van der Waals surface area (Å²) in [5.74, 6) is 0.999. The molecule has 3 rings (SSSR count). The monoisotopic (exact) mass is 327 g/mol. The molecule has 5 nitrogen and oxygen atoms in total. The number of benzene rings is 2. The molecule has 0 bridgehead atoms. The Morgan fingerprint density at radius 3 is 2.57 bits per heavy atom. The first-order valence-corrected chi connectivity index (χ1v) is 9.06. The molecular weight excluding hydrogens is 310 g/mol. The molecule has 2 aromatic carbocycles. The second-order valence-electron chi connectivity index (χ2n) is 5.40. The number of rotatable bonds is 3. The second-order valence-corrected chi connectivity index (χ2v) is 7.66. The molecule has 0 spiro atoms. The summed E-state index contributed by atoms with van der Waals surface area (Å²) in [6.07, 6.45) is 1.65. The lowest BCUT2D eigenvalue weighted by Gasteiger charge is -2.06. The summed E-state index contributed by atoms with van der Waals surface area (Å²) in [4.78, 5) is 4.92. The maximum absolute atomic E-state index is 12.9. The SMILES string of the molecule is Cc1cccc(S(C)(=O)=Nc2cccc(-c3noc(C)n3)c2)c1. The molecule has 0 saturated heterocycles. The maximum atomic E-state index is 12.9. The van der Waals surface area contributed by atoms with E-state index in [2.05, 4.69) is 14.5 Å². The summed E-state index contributed by atoms with van der Waals surface area (Å²) in [7, 11) is -2.52. The van der Waals surface area contributed by atoms with Gasteiger partial charge in [0.25, 0.3) is 0 Å². The van der Waals surface area contributed by atoms with Crippen LogP contribution >= 0.6 is 0 Å². The smallest absolute Gasteiger partial charge is 0.223 e. The molecule has 0 amide bonds. The third-order valence-corrected chi connectivity index (χ3v) is 5.03. The van der Waals surface area contributed by atoms with Gasteiger partial charge in [-0.3, -0.25) is 0 Å². The summed E-state index contributed by atoms with van der Waals surface area (Å²) < 4.78 is 22.4. The van der Waals surface area contributed by atoms with Crippen molar-refractivity contribution in [1.29, 1.82) is 0 Å². The molecule has 1 atom stereocenters. The van der Waals surface area contributed by atoms with E-state index in [-0.39, 0.29) is 0 Å². The highest BCUT2D eigenvalue weighted by molar-refractivity contribution is 7.93. The Labute approximate surface area is 135 Å². The second kappa shape index (κ2) is 5.96. The van der Waals surface area contributed by atoms with E-state index in [0.29, 0.717) is 17.4 Å². The first-order chi connectivity index (χ1) is 10.9. The lowest BCUT2D eigenvalue weighted by molar-refractivity contribution is 0.394. The largest absolute Gasteiger partial charge is 0.339 e. The Kier molecular flexibility index (Phi) is 4.00. The van der Waals surface area contributed by atoms with Gasteiger partial charge in [0, 0.05) is 23.6 Å². The van der Waals surface area contributed by atoms with Gasteiger partial charge in [0.2, 0.25) is 11.7 Å². The molecule has 0 aliphatic carbocycles. The zero-order chi connectivity index (χ0) is 16.4. The van der Waals surface area contributed by atoms with E-state index in [9.17, 15) is 4.21 Å². The molecule has 0 aliphatic heterocycles. The molecule has 0 aliphatic rings. The van der Waals surface area contributed by atoms with Gasteiger partial charge in [0.1, 0.15) is 0 Å². The van der Waals surface area contributed by atoms with Gasteiger partial charge in [-0.2, -0.15) is 9.35 Å². The molecule has 0 fully saturated rings. The lowest BCUT2D eigenvalue weighted by atomic mass is 10.2. The molecule has 1 unspecified atom stereocenters. The van der Waals surface area contributed by atoms with E-state index in [1.807, 2.05) is 55.5 Å². The van der Waals surface area contributed by atoms with Crippen molar-refractivity contribution in [3.05, 3.63) is 60.0 Å². The van der Waals surface area contributed by atoms with Crippen molar-refractivity contribution in [3.63, 3.8) is 0 Å². The van der Waals surface area contributed by atoms with E-state index < -0.39 is 9.73 Å². The van der Waals surface area contributed by atoms with Crippen LogP contribution in [0.4, 0.5) is 5.69 Å². The molecule has 1 heterocycles. The van der Waals surface area contributed by atoms with Crippen molar-refractivity contribution in [2.75, 3.05) is 6.26 Å². The van der Waals surface area contributed by atoms with Crippen LogP contribution < -0.4 is 0 Å². The fourth-order valence-corrected chi connectivity index (χ4v) is 3.58. The standard InChI is InChI=1S/C17H17N3O2S/c1-12-6-4-9-16(10-12)23(3,21)20-15-8-5-7-14(11-15)17-18-13(2)22-19-17/h4-11H,1-3H3.